The Morgan fingerprint density at radius 1 is 1.26 bits per heavy atom. The Kier molecular flexibility index (Phi) is 4.78. The molecule has 1 N–H and O–H groups in total. The number of rotatable bonds is 6. The van der Waals surface area contributed by atoms with Gasteiger partial charge in [-0.15, -0.1) is 21.5 Å². The summed E-state index contributed by atoms with van der Waals surface area (Å²) < 4.78 is 1.97. The van der Waals surface area contributed by atoms with Crippen LogP contribution in [0, 0.1) is 0 Å². The van der Waals surface area contributed by atoms with Gasteiger partial charge in [0.2, 0.25) is 0 Å². The number of ketones is 1. The van der Waals surface area contributed by atoms with E-state index < -0.39 is 0 Å². The number of phenolic OH excluding ortho intramolecular Hbond substituents is 1. The highest BCUT2D eigenvalue weighted by Gasteiger charge is 2.15. The Labute approximate surface area is 142 Å². The number of thiophene rings is 1. The van der Waals surface area contributed by atoms with Crippen molar-refractivity contribution in [3.8, 4) is 17.1 Å². The number of Topliss-reactive ketones (excluding diaryl/α,β-unsaturated/α-hetero) is 1. The molecular weight excluding hydrogens is 330 g/mol. The second kappa shape index (κ2) is 6.97. The summed E-state index contributed by atoms with van der Waals surface area (Å²) in [7, 11) is 0. The monoisotopic (exact) mass is 345 g/mol. The Morgan fingerprint density at radius 2 is 2.04 bits per heavy atom. The zero-order chi connectivity index (χ0) is 16.2. The first-order valence-corrected chi connectivity index (χ1v) is 8.97. The van der Waals surface area contributed by atoms with Crippen molar-refractivity contribution in [2.45, 2.75) is 18.6 Å². The van der Waals surface area contributed by atoms with Crippen molar-refractivity contribution in [3.05, 3.63) is 46.7 Å². The van der Waals surface area contributed by atoms with Gasteiger partial charge in [-0.2, -0.15) is 0 Å². The molecule has 2 heterocycles. The van der Waals surface area contributed by atoms with Crippen LogP contribution in [0.2, 0.25) is 0 Å². The second-order valence-electron chi connectivity index (χ2n) is 4.79. The third-order valence-electron chi connectivity index (χ3n) is 3.29. The number of carbonyl (C=O) groups excluding carboxylic acids is 1. The number of aromatic hydroxyl groups is 1. The highest BCUT2D eigenvalue weighted by Crippen LogP contribution is 2.26. The van der Waals surface area contributed by atoms with Crippen LogP contribution in [0.4, 0.5) is 0 Å². The van der Waals surface area contributed by atoms with Crippen LogP contribution >= 0.6 is 23.1 Å². The van der Waals surface area contributed by atoms with Crippen LogP contribution in [-0.2, 0) is 6.54 Å². The minimum atomic E-state index is 0.0989. The SMILES string of the molecule is CCn1c(SCC(=O)c2cccs2)nnc1-c1ccc(O)cc1. The van der Waals surface area contributed by atoms with Crippen LogP contribution in [0.1, 0.15) is 16.6 Å². The van der Waals surface area contributed by atoms with E-state index in [-0.39, 0.29) is 11.5 Å². The van der Waals surface area contributed by atoms with E-state index in [2.05, 4.69) is 10.2 Å². The lowest BCUT2D eigenvalue weighted by atomic mass is 10.2. The number of hydrogen-bond donors (Lipinski definition) is 1. The van der Waals surface area contributed by atoms with Crippen molar-refractivity contribution in [1.82, 2.24) is 14.8 Å². The Hall–Kier alpha value is -2.12. The molecule has 0 aliphatic heterocycles. The lowest BCUT2D eigenvalue weighted by molar-refractivity contribution is 0.102. The van der Waals surface area contributed by atoms with Gasteiger partial charge in [-0.05, 0) is 42.6 Å². The van der Waals surface area contributed by atoms with Crippen molar-refractivity contribution in [1.29, 1.82) is 0 Å². The fraction of sp³-hybridized carbons (Fsp3) is 0.188. The first-order chi connectivity index (χ1) is 11.2. The number of nitrogens with zero attached hydrogens (tertiary/aromatic N) is 3. The molecule has 0 fully saturated rings. The summed E-state index contributed by atoms with van der Waals surface area (Å²) in [4.78, 5) is 12.9. The predicted molar refractivity (Wildman–Crippen MR) is 92.2 cm³/mol. The van der Waals surface area contributed by atoms with Gasteiger partial charge in [0.25, 0.3) is 0 Å². The molecule has 2 aromatic heterocycles. The largest absolute Gasteiger partial charge is 0.508 e. The summed E-state index contributed by atoms with van der Waals surface area (Å²) in [6, 6.07) is 10.6. The highest BCUT2D eigenvalue weighted by atomic mass is 32.2. The van der Waals surface area contributed by atoms with Crippen LogP contribution in [-0.4, -0.2) is 31.4 Å². The smallest absolute Gasteiger partial charge is 0.191 e. The summed E-state index contributed by atoms with van der Waals surface area (Å²) in [5.41, 5.74) is 0.883. The Bertz CT molecular complexity index is 795. The molecule has 5 nitrogen and oxygen atoms in total. The first-order valence-electron chi connectivity index (χ1n) is 7.11. The molecule has 1 aromatic carbocycles. The van der Waals surface area contributed by atoms with Crippen LogP contribution < -0.4 is 0 Å². The van der Waals surface area contributed by atoms with E-state index in [9.17, 15) is 9.90 Å². The number of hydrogen-bond acceptors (Lipinski definition) is 6. The van der Waals surface area contributed by atoms with Gasteiger partial charge in [0.1, 0.15) is 5.75 Å². The predicted octanol–water partition coefficient (Wildman–Crippen LogP) is 3.71. The molecule has 0 spiro atoms. The number of phenols is 1. The van der Waals surface area contributed by atoms with E-state index in [4.69, 9.17) is 0 Å². The molecule has 0 radical (unpaired) electrons. The quantitative estimate of drug-likeness (QED) is 0.545. The van der Waals surface area contributed by atoms with Crippen molar-refractivity contribution in [2.24, 2.45) is 0 Å². The van der Waals surface area contributed by atoms with Crippen LogP contribution in [0.3, 0.4) is 0 Å². The molecule has 0 bridgehead atoms. The molecule has 0 aliphatic carbocycles. The number of aromatic nitrogens is 3. The van der Waals surface area contributed by atoms with Crippen molar-refractivity contribution >= 4 is 28.9 Å². The standard InChI is InChI=1S/C16H15N3O2S2/c1-2-19-15(11-5-7-12(20)8-6-11)17-18-16(19)23-10-13(21)14-4-3-9-22-14/h3-9,20H,2,10H2,1H3. The van der Waals surface area contributed by atoms with E-state index in [0.717, 1.165) is 21.4 Å². The maximum Gasteiger partial charge on any atom is 0.191 e. The van der Waals surface area contributed by atoms with Gasteiger partial charge >= 0.3 is 0 Å². The minimum Gasteiger partial charge on any atom is -0.508 e. The number of thioether (sulfide) groups is 1. The van der Waals surface area contributed by atoms with E-state index in [1.807, 2.05) is 29.0 Å². The molecular formula is C16H15N3O2S2. The van der Waals surface area contributed by atoms with E-state index >= 15 is 0 Å². The summed E-state index contributed by atoms with van der Waals surface area (Å²) in [5.74, 6) is 1.39. The van der Waals surface area contributed by atoms with Gasteiger partial charge in [0.05, 0.1) is 10.6 Å². The van der Waals surface area contributed by atoms with Crippen LogP contribution in [0.25, 0.3) is 11.4 Å². The van der Waals surface area contributed by atoms with Gasteiger partial charge < -0.3 is 9.67 Å². The Balaban J connectivity index is 1.78. The number of benzene rings is 1. The first kappa shape index (κ1) is 15.8. The van der Waals surface area contributed by atoms with Crippen LogP contribution in [0.5, 0.6) is 5.75 Å². The lowest BCUT2D eigenvalue weighted by Crippen LogP contribution is -2.03. The van der Waals surface area contributed by atoms with Crippen molar-refractivity contribution < 1.29 is 9.90 Å². The van der Waals surface area contributed by atoms with Gasteiger partial charge in [-0.25, -0.2) is 0 Å². The van der Waals surface area contributed by atoms with Crippen molar-refractivity contribution in [2.75, 3.05) is 5.75 Å². The maximum absolute atomic E-state index is 12.1. The second-order valence-corrected chi connectivity index (χ2v) is 6.68. The van der Waals surface area contributed by atoms with E-state index in [0.29, 0.717) is 12.3 Å². The summed E-state index contributed by atoms with van der Waals surface area (Å²) in [6.45, 7) is 2.72. The molecule has 3 rings (SSSR count). The average Bonchev–Trinajstić information content (AvgIpc) is 3.22. The number of carbonyl (C=O) groups is 1. The Morgan fingerprint density at radius 3 is 2.70 bits per heavy atom. The maximum atomic E-state index is 12.1. The lowest BCUT2D eigenvalue weighted by Gasteiger charge is -2.07. The van der Waals surface area contributed by atoms with E-state index in [1.165, 1.54) is 23.1 Å². The third-order valence-corrected chi connectivity index (χ3v) is 5.16. The molecule has 7 heteroatoms. The zero-order valence-electron chi connectivity index (χ0n) is 12.5. The van der Waals surface area contributed by atoms with Crippen LogP contribution in [0.15, 0.2) is 46.9 Å². The average molecular weight is 345 g/mol. The summed E-state index contributed by atoms with van der Waals surface area (Å²) >= 11 is 2.84. The normalized spacial score (nSPS) is 10.8. The molecule has 3 aromatic rings. The molecule has 0 saturated heterocycles. The van der Waals surface area contributed by atoms with Gasteiger partial charge in [-0.3, -0.25) is 4.79 Å². The molecule has 0 amide bonds. The highest BCUT2D eigenvalue weighted by molar-refractivity contribution is 7.99. The fourth-order valence-corrected chi connectivity index (χ4v) is 3.78. The molecule has 0 atom stereocenters. The summed E-state index contributed by atoms with van der Waals surface area (Å²) in [5, 5.41) is 20.4. The molecule has 0 saturated carbocycles. The minimum absolute atomic E-state index is 0.0989. The van der Waals surface area contributed by atoms with Gasteiger partial charge in [0.15, 0.2) is 16.8 Å². The van der Waals surface area contributed by atoms with E-state index in [1.54, 1.807) is 24.3 Å². The van der Waals surface area contributed by atoms with Gasteiger partial charge in [0, 0.05) is 12.1 Å². The third kappa shape index (κ3) is 3.46. The molecule has 0 aliphatic rings. The molecule has 118 valence electrons. The van der Waals surface area contributed by atoms with Crippen molar-refractivity contribution in [3.63, 3.8) is 0 Å². The molecule has 23 heavy (non-hydrogen) atoms. The molecule has 0 unspecified atom stereocenters. The topological polar surface area (TPSA) is 68.0 Å². The fourth-order valence-electron chi connectivity index (χ4n) is 2.14. The summed E-state index contributed by atoms with van der Waals surface area (Å²) in [6.07, 6.45) is 0. The zero-order valence-corrected chi connectivity index (χ0v) is 14.1. The van der Waals surface area contributed by atoms with Gasteiger partial charge in [-0.1, -0.05) is 17.8 Å².